The molecular weight excluding hydrogens is 467 g/mol. The van der Waals surface area contributed by atoms with Gasteiger partial charge in [0.2, 0.25) is 0 Å². The van der Waals surface area contributed by atoms with Crippen LogP contribution in [0.15, 0.2) is 79.7 Å². The summed E-state index contributed by atoms with van der Waals surface area (Å²) in [6.45, 7) is 6.19. The van der Waals surface area contributed by atoms with Gasteiger partial charge in [0.1, 0.15) is 11.5 Å². The van der Waals surface area contributed by atoms with E-state index in [0.29, 0.717) is 11.5 Å². The minimum atomic E-state index is -0.290. The van der Waals surface area contributed by atoms with Crippen LogP contribution in [-0.4, -0.2) is 35.1 Å². The van der Waals surface area contributed by atoms with Gasteiger partial charge in [-0.1, -0.05) is 32.1 Å². The topological polar surface area (TPSA) is 108 Å². The number of pyridine rings is 3. The van der Waals surface area contributed by atoms with Crippen molar-refractivity contribution in [3.8, 4) is 33.9 Å². The summed E-state index contributed by atoms with van der Waals surface area (Å²) >= 11 is 0. The number of hydrogen-bond donors (Lipinski definition) is 3. The highest BCUT2D eigenvalue weighted by atomic mass is 19.1. The molecule has 6 aromatic rings. The molecule has 6 rings (SSSR count). The maximum atomic E-state index is 13.5. The number of fused-ring (bicyclic) bond motifs is 2. The summed E-state index contributed by atoms with van der Waals surface area (Å²) in [5.74, 6) is 0.306. The van der Waals surface area contributed by atoms with Gasteiger partial charge in [0.15, 0.2) is 5.82 Å². The van der Waals surface area contributed by atoms with E-state index in [9.17, 15) is 4.39 Å². The second kappa shape index (κ2) is 9.27. The Kier molecular flexibility index (Phi) is 5.65. The molecule has 5 aromatic heterocycles. The molecule has 0 aliphatic rings. The average molecular weight is 491 g/mol. The molecular formula is C28H23FN8. The predicted molar refractivity (Wildman–Crippen MR) is 143 cm³/mol. The highest BCUT2D eigenvalue weighted by molar-refractivity contribution is 5.97. The summed E-state index contributed by atoms with van der Waals surface area (Å²) in [6.07, 6.45) is 10.7. The monoisotopic (exact) mass is 490 g/mol. The number of aromatic amines is 2. The van der Waals surface area contributed by atoms with E-state index < -0.39 is 0 Å². The van der Waals surface area contributed by atoms with Crippen LogP contribution >= 0.6 is 0 Å². The lowest BCUT2D eigenvalue weighted by Gasteiger charge is -2.09. The number of aromatic nitrogens is 7. The van der Waals surface area contributed by atoms with E-state index in [1.807, 2.05) is 12.1 Å². The van der Waals surface area contributed by atoms with Crippen molar-refractivity contribution in [1.29, 1.82) is 0 Å². The standard InChI is InChI=1S/C28H23FN8/c1-3-4-16(2)33-20-9-18(11-30-12-20)23-10-21-24(15-32-23)36-37-27(21)28-34-25-14-31-13-22(26(25)35-28)17-5-7-19(29)8-6-17/h5-15,33H,2-4H2,1H3,(H,34,35)(H,36,37). The molecule has 0 radical (unpaired) electrons. The number of allylic oxidation sites excluding steroid dienone is 1. The van der Waals surface area contributed by atoms with Gasteiger partial charge >= 0.3 is 0 Å². The number of rotatable bonds is 7. The maximum absolute atomic E-state index is 13.5. The summed E-state index contributed by atoms with van der Waals surface area (Å²) in [5, 5.41) is 11.7. The molecule has 8 nitrogen and oxygen atoms in total. The molecule has 0 saturated carbocycles. The first kappa shape index (κ1) is 22.5. The second-order valence-corrected chi connectivity index (χ2v) is 8.80. The van der Waals surface area contributed by atoms with E-state index >= 15 is 0 Å². The molecule has 0 amide bonds. The smallest absolute Gasteiger partial charge is 0.159 e. The molecule has 0 aliphatic carbocycles. The van der Waals surface area contributed by atoms with Crippen molar-refractivity contribution in [2.24, 2.45) is 0 Å². The molecule has 0 atom stereocenters. The van der Waals surface area contributed by atoms with Crippen LogP contribution in [0, 0.1) is 5.82 Å². The van der Waals surface area contributed by atoms with E-state index in [1.165, 1.54) is 12.1 Å². The van der Waals surface area contributed by atoms with Crippen molar-refractivity contribution in [3.05, 3.63) is 85.5 Å². The number of nitrogens with zero attached hydrogens (tertiary/aromatic N) is 5. The van der Waals surface area contributed by atoms with Crippen molar-refractivity contribution < 1.29 is 4.39 Å². The van der Waals surface area contributed by atoms with Crippen molar-refractivity contribution >= 4 is 27.6 Å². The van der Waals surface area contributed by atoms with Crippen molar-refractivity contribution in [2.75, 3.05) is 5.32 Å². The largest absolute Gasteiger partial charge is 0.358 e. The van der Waals surface area contributed by atoms with E-state index in [2.05, 4.69) is 49.0 Å². The minimum absolute atomic E-state index is 0.290. The van der Waals surface area contributed by atoms with Gasteiger partial charge in [-0.05, 0) is 36.2 Å². The molecule has 9 heteroatoms. The van der Waals surface area contributed by atoms with Crippen LogP contribution in [-0.2, 0) is 0 Å². The number of nitrogens with one attached hydrogen (secondary N) is 3. The Bertz CT molecular complexity index is 1750. The van der Waals surface area contributed by atoms with Crippen molar-refractivity contribution in [1.82, 2.24) is 35.1 Å². The van der Waals surface area contributed by atoms with Gasteiger partial charge in [0.25, 0.3) is 0 Å². The van der Waals surface area contributed by atoms with Crippen LogP contribution in [0.5, 0.6) is 0 Å². The predicted octanol–water partition coefficient (Wildman–Crippen LogP) is 6.49. The number of halogens is 1. The zero-order valence-corrected chi connectivity index (χ0v) is 20.1. The Balaban J connectivity index is 1.40. The third kappa shape index (κ3) is 4.31. The lowest BCUT2D eigenvalue weighted by molar-refractivity contribution is 0.628. The Morgan fingerprint density at radius 3 is 2.65 bits per heavy atom. The van der Waals surface area contributed by atoms with Crippen molar-refractivity contribution in [2.45, 2.75) is 19.8 Å². The van der Waals surface area contributed by atoms with Crippen molar-refractivity contribution in [3.63, 3.8) is 0 Å². The Morgan fingerprint density at radius 2 is 1.81 bits per heavy atom. The van der Waals surface area contributed by atoms with Crippen LogP contribution in [0.3, 0.4) is 0 Å². The Labute approximate surface area is 211 Å². The molecule has 1 aromatic carbocycles. The number of anilines is 1. The van der Waals surface area contributed by atoms with Gasteiger partial charge in [0, 0.05) is 34.6 Å². The zero-order valence-electron chi connectivity index (χ0n) is 20.1. The third-order valence-corrected chi connectivity index (χ3v) is 6.13. The van der Waals surface area contributed by atoms with Crippen LogP contribution in [0.1, 0.15) is 19.8 Å². The van der Waals surface area contributed by atoms with Crippen LogP contribution < -0.4 is 5.32 Å². The molecule has 37 heavy (non-hydrogen) atoms. The molecule has 5 heterocycles. The lowest BCUT2D eigenvalue weighted by Crippen LogP contribution is -1.98. The summed E-state index contributed by atoms with van der Waals surface area (Å²) in [7, 11) is 0. The highest BCUT2D eigenvalue weighted by Gasteiger charge is 2.17. The highest BCUT2D eigenvalue weighted by Crippen LogP contribution is 2.32. The fourth-order valence-electron chi connectivity index (χ4n) is 4.36. The van der Waals surface area contributed by atoms with Gasteiger partial charge in [0.05, 0.1) is 46.5 Å². The first-order chi connectivity index (χ1) is 18.1. The van der Waals surface area contributed by atoms with Gasteiger partial charge in [-0.15, -0.1) is 0 Å². The van der Waals surface area contributed by atoms with Crippen LogP contribution in [0.4, 0.5) is 10.1 Å². The molecule has 0 fully saturated rings. The fraction of sp³-hybridized carbons (Fsp3) is 0.107. The molecule has 0 unspecified atom stereocenters. The fourth-order valence-corrected chi connectivity index (χ4v) is 4.36. The third-order valence-electron chi connectivity index (χ3n) is 6.13. The first-order valence-corrected chi connectivity index (χ1v) is 11.9. The van der Waals surface area contributed by atoms with Gasteiger partial charge in [-0.3, -0.25) is 20.1 Å². The van der Waals surface area contributed by atoms with Gasteiger partial charge in [-0.2, -0.15) is 5.10 Å². The summed E-state index contributed by atoms with van der Waals surface area (Å²) < 4.78 is 13.5. The SMILES string of the molecule is C=C(CCC)Nc1cncc(-c2cc3c(-c4nc5c(-c6ccc(F)cc6)cncc5[nH]4)n[nH]c3cn2)c1. The zero-order chi connectivity index (χ0) is 25.4. The van der Waals surface area contributed by atoms with E-state index in [0.717, 1.165) is 68.5 Å². The maximum Gasteiger partial charge on any atom is 0.159 e. The van der Waals surface area contributed by atoms with Gasteiger partial charge < -0.3 is 10.3 Å². The second-order valence-electron chi connectivity index (χ2n) is 8.80. The summed E-state index contributed by atoms with van der Waals surface area (Å²) in [4.78, 5) is 21.5. The molecule has 3 N–H and O–H groups in total. The van der Waals surface area contributed by atoms with E-state index in [-0.39, 0.29) is 5.82 Å². The molecule has 0 saturated heterocycles. The lowest BCUT2D eigenvalue weighted by atomic mass is 10.1. The number of benzene rings is 1. The van der Waals surface area contributed by atoms with E-state index in [1.54, 1.807) is 43.1 Å². The number of hydrogen-bond acceptors (Lipinski definition) is 6. The average Bonchev–Trinajstić information content (AvgIpc) is 3.53. The quantitative estimate of drug-likeness (QED) is 0.236. The molecule has 182 valence electrons. The molecule has 0 spiro atoms. The number of imidazole rings is 1. The minimum Gasteiger partial charge on any atom is -0.358 e. The summed E-state index contributed by atoms with van der Waals surface area (Å²) in [6, 6.07) is 10.3. The summed E-state index contributed by atoms with van der Waals surface area (Å²) in [5.41, 5.74) is 8.03. The molecule has 0 bridgehead atoms. The van der Waals surface area contributed by atoms with Gasteiger partial charge in [-0.25, -0.2) is 9.37 Å². The number of H-pyrrole nitrogens is 2. The normalized spacial score (nSPS) is 11.3. The molecule has 0 aliphatic heterocycles. The Morgan fingerprint density at radius 1 is 0.973 bits per heavy atom. The van der Waals surface area contributed by atoms with Crippen LogP contribution in [0.25, 0.3) is 55.8 Å². The van der Waals surface area contributed by atoms with E-state index in [4.69, 9.17) is 4.98 Å². The Hall–Kier alpha value is -4.92. The first-order valence-electron chi connectivity index (χ1n) is 11.9. The van der Waals surface area contributed by atoms with Crippen LogP contribution in [0.2, 0.25) is 0 Å².